The Balaban J connectivity index is 1.38. The second-order valence-electron chi connectivity index (χ2n) is 7.39. The van der Waals surface area contributed by atoms with Crippen molar-refractivity contribution in [1.29, 1.82) is 0 Å². The molecule has 0 spiro atoms. The predicted octanol–water partition coefficient (Wildman–Crippen LogP) is 5.40. The van der Waals surface area contributed by atoms with Crippen LogP contribution in [0.5, 0.6) is 0 Å². The highest BCUT2D eigenvalue weighted by molar-refractivity contribution is 6.04. The van der Waals surface area contributed by atoms with E-state index in [9.17, 15) is 4.79 Å². The fraction of sp³-hybridized carbons (Fsp3) is 0.167. The van der Waals surface area contributed by atoms with E-state index in [2.05, 4.69) is 46.4 Å². The highest BCUT2D eigenvalue weighted by Crippen LogP contribution is 2.33. The monoisotopic (exact) mass is 353 g/mol. The lowest BCUT2D eigenvalue weighted by atomic mass is 10.1. The van der Waals surface area contributed by atoms with E-state index in [0.717, 1.165) is 34.5 Å². The molecule has 1 saturated carbocycles. The van der Waals surface area contributed by atoms with Crippen LogP contribution in [-0.2, 0) is 11.3 Å². The Kier molecular flexibility index (Phi) is 3.93. The first-order valence-electron chi connectivity index (χ1n) is 9.49. The van der Waals surface area contributed by atoms with E-state index in [1.807, 2.05) is 36.4 Å². The number of amides is 1. The quantitative estimate of drug-likeness (QED) is 0.512. The van der Waals surface area contributed by atoms with Crippen LogP contribution in [0.25, 0.3) is 21.7 Å². The number of para-hydroxylation sites is 1. The van der Waals surface area contributed by atoms with Crippen LogP contribution in [0.4, 0.5) is 5.69 Å². The maximum Gasteiger partial charge on any atom is 0.233 e. The van der Waals surface area contributed by atoms with E-state index in [0.29, 0.717) is 0 Å². The molecule has 1 fully saturated rings. The second-order valence-corrected chi connectivity index (χ2v) is 7.39. The molecule has 0 bridgehead atoms. The molecule has 133 valence electrons. The fourth-order valence-corrected chi connectivity index (χ4v) is 3.71. The minimum absolute atomic E-state index is 0.0976. The Morgan fingerprint density at radius 1 is 1.00 bits per heavy atom. The van der Waals surface area contributed by atoms with Crippen molar-refractivity contribution in [1.82, 2.24) is 4.57 Å². The van der Waals surface area contributed by atoms with Crippen LogP contribution in [0.3, 0.4) is 0 Å². The zero-order valence-electron chi connectivity index (χ0n) is 15.1. The van der Waals surface area contributed by atoms with Crippen LogP contribution in [0.1, 0.15) is 18.4 Å². The highest BCUT2D eigenvalue weighted by Gasteiger charge is 2.23. The first-order valence-corrected chi connectivity index (χ1v) is 9.49. The van der Waals surface area contributed by atoms with E-state index < -0.39 is 0 Å². The Morgan fingerprint density at radius 3 is 2.63 bits per heavy atom. The largest absolute Gasteiger partial charge is 0.347 e. The number of aromatic nitrogens is 1. The van der Waals surface area contributed by atoms with Crippen molar-refractivity contribution in [3.63, 3.8) is 0 Å². The van der Waals surface area contributed by atoms with E-state index >= 15 is 0 Å². The molecule has 27 heavy (non-hydrogen) atoms. The van der Waals surface area contributed by atoms with Crippen molar-refractivity contribution in [3.8, 4) is 0 Å². The number of hydrogen-bond donors (Lipinski definition) is 1. The third-order valence-electron chi connectivity index (χ3n) is 5.27. The normalized spacial score (nSPS) is 13.9. The SMILES string of the molecule is O=C([CH]c1cn(CC2CC2)c2ccccc12)Nc1ccc2ccccc2c1. The van der Waals surface area contributed by atoms with Crippen molar-refractivity contribution < 1.29 is 4.79 Å². The topological polar surface area (TPSA) is 34.0 Å². The summed E-state index contributed by atoms with van der Waals surface area (Å²) in [6, 6.07) is 22.5. The lowest BCUT2D eigenvalue weighted by molar-refractivity contribution is -0.112. The Hall–Kier alpha value is -3.07. The molecular formula is C24H21N2O. The van der Waals surface area contributed by atoms with Crippen LogP contribution in [0.2, 0.25) is 0 Å². The first kappa shape index (κ1) is 16.1. The summed E-state index contributed by atoms with van der Waals surface area (Å²) >= 11 is 0. The molecule has 0 saturated heterocycles. The van der Waals surface area contributed by atoms with Crippen molar-refractivity contribution in [2.24, 2.45) is 5.92 Å². The van der Waals surface area contributed by atoms with E-state index in [1.165, 1.54) is 23.7 Å². The third kappa shape index (κ3) is 3.33. The van der Waals surface area contributed by atoms with Gasteiger partial charge in [-0.2, -0.15) is 0 Å². The number of benzene rings is 3. The van der Waals surface area contributed by atoms with Crippen molar-refractivity contribution in [3.05, 3.63) is 84.9 Å². The van der Waals surface area contributed by atoms with Gasteiger partial charge in [0, 0.05) is 29.3 Å². The second kappa shape index (κ2) is 6.58. The summed E-state index contributed by atoms with van der Waals surface area (Å²) in [7, 11) is 0. The van der Waals surface area contributed by atoms with Gasteiger partial charge in [-0.3, -0.25) is 4.79 Å². The number of nitrogens with one attached hydrogen (secondary N) is 1. The van der Waals surface area contributed by atoms with Gasteiger partial charge in [-0.05, 0) is 53.3 Å². The first-order chi connectivity index (χ1) is 13.3. The molecule has 1 aromatic heterocycles. The van der Waals surface area contributed by atoms with Gasteiger partial charge in [0.15, 0.2) is 0 Å². The lowest BCUT2D eigenvalue weighted by Crippen LogP contribution is -2.12. The molecule has 3 heteroatoms. The van der Waals surface area contributed by atoms with Crippen LogP contribution < -0.4 is 5.32 Å². The van der Waals surface area contributed by atoms with Gasteiger partial charge in [0.25, 0.3) is 0 Å². The molecule has 1 aliphatic carbocycles. The maximum absolute atomic E-state index is 12.6. The highest BCUT2D eigenvalue weighted by atomic mass is 16.1. The minimum atomic E-state index is -0.0976. The zero-order chi connectivity index (χ0) is 18.2. The van der Waals surface area contributed by atoms with Gasteiger partial charge in [-0.15, -0.1) is 0 Å². The Morgan fingerprint density at radius 2 is 1.78 bits per heavy atom. The van der Waals surface area contributed by atoms with Crippen molar-refractivity contribution >= 4 is 33.3 Å². The van der Waals surface area contributed by atoms with Crippen molar-refractivity contribution in [2.45, 2.75) is 19.4 Å². The van der Waals surface area contributed by atoms with Crippen LogP contribution in [0, 0.1) is 12.3 Å². The van der Waals surface area contributed by atoms with E-state index in [1.54, 1.807) is 6.42 Å². The molecule has 1 amide bonds. The zero-order valence-corrected chi connectivity index (χ0v) is 15.1. The van der Waals surface area contributed by atoms with Crippen LogP contribution in [0.15, 0.2) is 72.9 Å². The predicted molar refractivity (Wildman–Crippen MR) is 111 cm³/mol. The number of carbonyl (C=O) groups excluding carboxylic acids is 1. The molecule has 0 atom stereocenters. The van der Waals surface area contributed by atoms with Gasteiger partial charge in [0.1, 0.15) is 0 Å². The molecule has 4 aromatic rings. The molecule has 5 rings (SSSR count). The number of hydrogen-bond acceptors (Lipinski definition) is 1. The number of fused-ring (bicyclic) bond motifs is 2. The summed E-state index contributed by atoms with van der Waals surface area (Å²) in [5.74, 6) is 0.694. The smallest absolute Gasteiger partial charge is 0.233 e. The number of carbonyl (C=O) groups is 1. The third-order valence-corrected chi connectivity index (χ3v) is 5.27. The van der Waals surface area contributed by atoms with Crippen LogP contribution >= 0.6 is 0 Å². The van der Waals surface area contributed by atoms with Gasteiger partial charge in [-0.1, -0.05) is 48.5 Å². The molecule has 0 aliphatic heterocycles. The number of anilines is 1. The summed E-state index contributed by atoms with van der Waals surface area (Å²) in [4.78, 5) is 12.6. The number of rotatable bonds is 5. The fourth-order valence-electron chi connectivity index (χ4n) is 3.71. The molecule has 1 N–H and O–H groups in total. The lowest BCUT2D eigenvalue weighted by Gasteiger charge is -2.06. The summed E-state index contributed by atoms with van der Waals surface area (Å²) < 4.78 is 2.29. The standard InChI is InChI=1S/C24H21N2O/c27-24(25-21-12-11-18-5-1-2-6-19(18)13-21)14-20-16-26(15-17-9-10-17)23-8-4-3-7-22(20)23/h1-8,11-14,16-17H,9-10,15H2,(H,25,27). The average molecular weight is 353 g/mol. The van der Waals surface area contributed by atoms with E-state index in [-0.39, 0.29) is 5.91 Å². The summed E-state index contributed by atoms with van der Waals surface area (Å²) in [6.07, 6.45) is 6.45. The molecule has 1 heterocycles. The van der Waals surface area contributed by atoms with Gasteiger partial charge in [-0.25, -0.2) is 0 Å². The molecule has 3 nitrogen and oxygen atoms in total. The van der Waals surface area contributed by atoms with Gasteiger partial charge >= 0.3 is 0 Å². The number of nitrogens with zero attached hydrogens (tertiary/aromatic N) is 1. The average Bonchev–Trinajstić information content (AvgIpc) is 3.44. The van der Waals surface area contributed by atoms with E-state index in [4.69, 9.17) is 0 Å². The van der Waals surface area contributed by atoms with Gasteiger partial charge < -0.3 is 9.88 Å². The minimum Gasteiger partial charge on any atom is -0.347 e. The van der Waals surface area contributed by atoms with Crippen molar-refractivity contribution in [2.75, 3.05) is 5.32 Å². The summed E-state index contributed by atoms with van der Waals surface area (Å²) in [5.41, 5.74) is 3.00. The molecule has 1 radical (unpaired) electrons. The van der Waals surface area contributed by atoms with Crippen LogP contribution in [-0.4, -0.2) is 10.5 Å². The van der Waals surface area contributed by atoms with Gasteiger partial charge in [0.2, 0.25) is 5.91 Å². The van der Waals surface area contributed by atoms with Gasteiger partial charge in [0.05, 0.1) is 6.42 Å². The summed E-state index contributed by atoms with van der Waals surface area (Å²) in [5, 5.41) is 6.43. The Bertz CT molecular complexity index is 1140. The molecule has 0 unspecified atom stereocenters. The molecule has 3 aromatic carbocycles. The molecular weight excluding hydrogens is 332 g/mol. The Labute approximate surface area is 158 Å². The molecule has 1 aliphatic rings. The summed E-state index contributed by atoms with van der Waals surface area (Å²) in [6.45, 7) is 1.04. The maximum atomic E-state index is 12.6.